The fraction of sp³-hybridized carbons (Fsp3) is 0.727. The van der Waals surface area contributed by atoms with E-state index in [2.05, 4.69) is 32.6 Å². The third-order valence-corrected chi connectivity index (χ3v) is 4.14. The third-order valence-electron chi connectivity index (χ3n) is 3.59. The number of aromatic nitrogens is 2. The van der Waals surface area contributed by atoms with Crippen molar-refractivity contribution in [1.29, 1.82) is 0 Å². The second kappa shape index (κ2) is 4.81. The minimum absolute atomic E-state index is 0.101. The molecule has 0 N–H and O–H groups in total. The molecule has 3 rings (SSSR count). The van der Waals surface area contributed by atoms with Gasteiger partial charge in [0.05, 0.1) is 35.1 Å². The maximum Gasteiger partial charge on any atom is 0.135 e. The maximum atomic E-state index is 14.2. The number of ether oxygens (including phenoxy) is 1. The Morgan fingerprint density at radius 3 is 2.82 bits per heavy atom. The zero-order valence-electron chi connectivity index (χ0n) is 9.43. The predicted molar refractivity (Wildman–Crippen MR) is 69.7 cm³/mol. The molecule has 0 saturated carbocycles. The van der Waals surface area contributed by atoms with Gasteiger partial charge in [-0.15, -0.1) is 0 Å². The summed E-state index contributed by atoms with van der Waals surface area (Å²) in [5.74, 6) is 0. The number of piperidine rings is 1. The molecule has 2 atom stereocenters. The summed E-state index contributed by atoms with van der Waals surface area (Å²) in [5, 5.41) is 4.22. The molecule has 94 valence electrons. The Balaban J connectivity index is 1.65. The van der Waals surface area contributed by atoms with Crippen LogP contribution in [0.4, 0.5) is 4.39 Å². The van der Waals surface area contributed by atoms with Gasteiger partial charge in [0.15, 0.2) is 0 Å². The molecule has 2 aliphatic heterocycles. The molecule has 0 radical (unpaired) electrons. The normalized spacial score (nSPS) is 31.4. The summed E-state index contributed by atoms with van der Waals surface area (Å²) in [6.45, 7) is 2.97. The molecular weight excluding hydrogens is 336 g/mol. The zero-order valence-corrected chi connectivity index (χ0v) is 11.6. The SMILES string of the molecule is F[C@H]1CN(C2COC2)CC[C@@H]1n1cc(I)cn1. The van der Waals surface area contributed by atoms with Crippen LogP contribution in [0.25, 0.3) is 0 Å². The van der Waals surface area contributed by atoms with E-state index in [9.17, 15) is 4.39 Å². The molecule has 6 heteroatoms. The van der Waals surface area contributed by atoms with Crippen molar-refractivity contribution in [3.8, 4) is 0 Å². The lowest BCUT2D eigenvalue weighted by Crippen LogP contribution is -2.55. The number of rotatable bonds is 2. The van der Waals surface area contributed by atoms with Crippen LogP contribution in [0.1, 0.15) is 12.5 Å². The lowest BCUT2D eigenvalue weighted by Gasteiger charge is -2.42. The van der Waals surface area contributed by atoms with Crippen LogP contribution < -0.4 is 0 Å². The number of halogens is 2. The molecule has 2 aliphatic rings. The number of hydrogen-bond donors (Lipinski definition) is 0. The van der Waals surface area contributed by atoms with E-state index < -0.39 is 6.17 Å². The van der Waals surface area contributed by atoms with Crippen molar-refractivity contribution in [2.24, 2.45) is 0 Å². The number of hydrogen-bond acceptors (Lipinski definition) is 3. The van der Waals surface area contributed by atoms with Crippen LogP contribution in [-0.2, 0) is 4.74 Å². The van der Waals surface area contributed by atoms with Crippen molar-refractivity contribution >= 4 is 22.6 Å². The van der Waals surface area contributed by atoms with Gasteiger partial charge < -0.3 is 4.74 Å². The monoisotopic (exact) mass is 351 g/mol. The van der Waals surface area contributed by atoms with Crippen molar-refractivity contribution < 1.29 is 9.13 Å². The van der Waals surface area contributed by atoms with Gasteiger partial charge >= 0.3 is 0 Å². The lowest BCUT2D eigenvalue weighted by molar-refractivity contribution is -0.0847. The van der Waals surface area contributed by atoms with Gasteiger partial charge in [-0.05, 0) is 29.0 Å². The standard InChI is InChI=1S/C11H15FIN3O/c12-10-5-15(9-6-17-7-9)2-1-11(10)16-4-8(13)3-14-16/h3-4,9-11H,1-2,5-7H2/t10-,11-/m0/s1. The molecule has 1 aromatic heterocycles. The molecule has 0 unspecified atom stereocenters. The van der Waals surface area contributed by atoms with E-state index >= 15 is 0 Å². The van der Waals surface area contributed by atoms with Gasteiger partial charge in [-0.2, -0.15) is 5.10 Å². The highest BCUT2D eigenvalue weighted by Gasteiger charge is 2.36. The smallest absolute Gasteiger partial charge is 0.135 e. The van der Waals surface area contributed by atoms with E-state index in [0.29, 0.717) is 12.6 Å². The molecule has 0 spiro atoms. The van der Waals surface area contributed by atoms with Gasteiger partial charge in [0.25, 0.3) is 0 Å². The van der Waals surface area contributed by atoms with E-state index in [4.69, 9.17) is 4.74 Å². The van der Waals surface area contributed by atoms with Crippen molar-refractivity contribution in [2.75, 3.05) is 26.3 Å². The predicted octanol–water partition coefficient (Wildman–Crippen LogP) is 1.47. The van der Waals surface area contributed by atoms with E-state index in [0.717, 1.165) is 29.7 Å². The van der Waals surface area contributed by atoms with Gasteiger partial charge in [0.1, 0.15) is 6.17 Å². The van der Waals surface area contributed by atoms with Gasteiger partial charge in [-0.3, -0.25) is 9.58 Å². The molecule has 1 aromatic rings. The average Bonchev–Trinajstić information content (AvgIpc) is 2.62. The first-order valence-corrected chi connectivity index (χ1v) is 6.97. The van der Waals surface area contributed by atoms with Crippen molar-refractivity contribution in [3.63, 3.8) is 0 Å². The van der Waals surface area contributed by atoms with Gasteiger partial charge in [0, 0.05) is 19.3 Å². The molecule has 2 fully saturated rings. The van der Waals surface area contributed by atoms with Crippen LogP contribution in [0, 0.1) is 3.57 Å². The average molecular weight is 351 g/mol. The minimum Gasteiger partial charge on any atom is -0.378 e. The highest BCUT2D eigenvalue weighted by atomic mass is 127. The minimum atomic E-state index is -0.833. The quantitative estimate of drug-likeness (QED) is 0.756. The van der Waals surface area contributed by atoms with Crippen LogP contribution in [-0.4, -0.2) is 53.2 Å². The first-order chi connectivity index (χ1) is 8.24. The van der Waals surface area contributed by atoms with Gasteiger partial charge in [-0.1, -0.05) is 0 Å². The zero-order chi connectivity index (χ0) is 11.8. The Morgan fingerprint density at radius 2 is 2.29 bits per heavy atom. The van der Waals surface area contributed by atoms with Gasteiger partial charge in [0.2, 0.25) is 0 Å². The summed E-state index contributed by atoms with van der Waals surface area (Å²) in [6, 6.07) is 0.336. The molecule has 0 amide bonds. The van der Waals surface area contributed by atoms with Crippen LogP contribution in [0.3, 0.4) is 0 Å². The first kappa shape index (κ1) is 11.9. The molecular formula is C11H15FIN3O. The largest absolute Gasteiger partial charge is 0.378 e. The summed E-state index contributed by atoms with van der Waals surface area (Å²) in [4.78, 5) is 2.21. The molecule has 0 bridgehead atoms. The van der Waals surface area contributed by atoms with Crippen LogP contribution in [0.15, 0.2) is 12.4 Å². The van der Waals surface area contributed by atoms with E-state index in [1.807, 2.05) is 6.20 Å². The Hall–Kier alpha value is -0.210. The lowest BCUT2D eigenvalue weighted by atomic mass is 10.0. The van der Waals surface area contributed by atoms with Crippen molar-refractivity contribution in [3.05, 3.63) is 16.0 Å². The van der Waals surface area contributed by atoms with Crippen molar-refractivity contribution in [2.45, 2.75) is 24.7 Å². The topological polar surface area (TPSA) is 30.3 Å². The summed E-state index contributed by atoms with van der Waals surface area (Å²) in [5.41, 5.74) is 0. The Bertz CT molecular complexity index is 396. The fourth-order valence-electron chi connectivity index (χ4n) is 2.48. The molecule has 0 aliphatic carbocycles. The van der Waals surface area contributed by atoms with Gasteiger partial charge in [-0.25, -0.2) is 4.39 Å². The third kappa shape index (κ3) is 2.34. The summed E-state index contributed by atoms with van der Waals surface area (Å²) in [7, 11) is 0. The summed E-state index contributed by atoms with van der Waals surface area (Å²) < 4.78 is 22.2. The molecule has 0 aromatic carbocycles. The first-order valence-electron chi connectivity index (χ1n) is 5.89. The second-order valence-corrected chi connectivity index (χ2v) is 5.94. The molecule has 3 heterocycles. The molecule has 17 heavy (non-hydrogen) atoms. The van der Waals surface area contributed by atoms with E-state index in [1.165, 1.54) is 0 Å². The maximum absolute atomic E-state index is 14.2. The number of alkyl halides is 1. The summed E-state index contributed by atoms with van der Waals surface area (Å²) >= 11 is 2.20. The Labute approximate surface area is 113 Å². The highest BCUT2D eigenvalue weighted by molar-refractivity contribution is 14.1. The Kier molecular flexibility index (Phi) is 3.36. The van der Waals surface area contributed by atoms with E-state index in [-0.39, 0.29) is 6.04 Å². The van der Waals surface area contributed by atoms with E-state index in [1.54, 1.807) is 10.9 Å². The fourth-order valence-corrected chi connectivity index (χ4v) is 2.89. The second-order valence-electron chi connectivity index (χ2n) is 4.70. The van der Waals surface area contributed by atoms with Crippen LogP contribution in [0.5, 0.6) is 0 Å². The van der Waals surface area contributed by atoms with Crippen LogP contribution in [0.2, 0.25) is 0 Å². The number of nitrogens with zero attached hydrogens (tertiary/aromatic N) is 3. The molecule has 4 nitrogen and oxygen atoms in total. The number of likely N-dealkylation sites (tertiary alicyclic amines) is 1. The Morgan fingerprint density at radius 1 is 1.47 bits per heavy atom. The molecule has 2 saturated heterocycles. The highest BCUT2D eigenvalue weighted by Crippen LogP contribution is 2.27. The van der Waals surface area contributed by atoms with Crippen LogP contribution >= 0.6 is 22.6 Å². The van der Waals surface area contributed by atoms with Crippen molar-refractivity contribution in [1.82, 2.24) is 14.7 Å². The summed E-state index contributed by atoms with van der Waals surface area (Å²) in [6.07, 6.45) is 3.69.